The zero-order valence-corrected chi connectivity index (χ0v) is 10.7. The zero-order valence-electron chi connectivity index (χ0n) is 9.90. The summed E-state index contributed by atoms with van der Waals surface area (Å²) in [4.78, 5) is 0. The lowest BCUT2D eigenvalue weighted by Crippen LogP contribution is -2.09. The molecule has 0 radical (unpaired) electrons. The summed E-state index contributed by atoms with van der Waals surface area (Å²) in [6.45, 7) is 6.21. The van der Waals surface area contributed by atoms with E-state index in [0.717, 1.165) is 10.0 Å². The van der Waals surface area contributed by atoms with Crippen LogP contribution in [0.25, 0.3) is 0 Å². The van der Waals surface area contributed by atoms with Gasteiger partial charge in [0.25, 0.3) is 0 Å². The molecule has 2 rings (SSSR count). The van der Waals surface area contributed by atoms with E-state index in [0.29, 0.717) is 18.3 Å². The highest BCUT2D eigenvalue weighted by atomic mass is 32.1. The molecule has 0 spiro atoms. The fourth-order valence-electron chi connectivity index (χ4n) is 1.32. The third kappa shape index (κ3) is 2.64. The van der Waals surface area contributed by atoms with Crippen molar-refractivity contribution in [1.29, 1.82) is 0 Å². The molecule has 0 aliphatic heterocycles. The van der Waals surface area contributed by atoms with Crippen molar-refractivity contribution in [1.82, 2.24) is 30.4 Å². The fourth-order valence-corrected chi connectivity index (χ4v) is 2.14. The van der Waals surface area contributed by atoms with E-state index in [-0.39, 0.29) is 0 Å². The molecule has 0 aliphatic carbocycles. The maximum atomic E-state index is 9.47. The molecule has 2 aromatic rings. The van der Waals surface area contributed by atoms with E-state index in [2.05, 4.69) is 39.6 Å². The van der Waals surface area contributed by atoms with Gasteiger partial charge in [0.2, 0.25) is 0 Å². The third-order valence-electron chi connectivity index (χ3n) is 2.19. The summed E-state index contributed by atoms with van der Waals surface area (Å²) in [6.07, 6.45) is -0.692. The Morgan fingerprint density at radius 3 is 2.59 bits per heavy atom. The molecule has 1 N–H and O–H groups in total. The molecular formula is C9H14N6OS. The van der Waals surface area contributed by atoms with Crippen LogP contribution in [0.3, 0.4) is 0 Å². The monoisotopic (exact) mass is 254 g/mol. The first-order chi connectivity index (χ1) is 8.08. The van der Waals surface area contributed by atoms with Crippen LogP contribution in [0.2, 0.25) is 0 Å². The van der Waals surface area contributed by atoms with E-state index in [1.54, 1.807) is 6.92 Å². The summed E-state index contributed by atoms with van der Waals surface area (Å²) < 4.78 is 1.54. The molecule has 0 amide bonds. The number of aromatic nitrogens is 6. The predicted octanol–water partition coefficient (Wildman–Crippen LogP) is 0.750. The average Bonchev–Trinajstić information content (AvgIpc) is 2.86. The minimum absolute atomic E-state index is 0.367. The number of aliphatic hydroxyl groups is 1. The first-order valence-corrected chi connectivity index (χ1v) is 6.16. The van der Waals surface area contributed by atoms with Crippen molar-refractivity contribution in [3.05, 3.63) is 15.8 Å². The second-order valence-corrected chi connectivity index (χ2v) is 5.15. The summed E-state index contributed by atoms with van der Waals surface area (Å²) in [5.41, 5.74) is 0. The molecule has 2 aromatic heterocycles. The maximum Gasteiger partial charge on any atom is 0.180 e. The van der Waals surface area contributed by atoms with Gasteiger partial charge in [-0.15, -0.1) is 15.3 Å². The second kappa shape index (κ2) is 4.84. The highest BCUT2D eigenvalue weighted by Gasteiger charge is 2.14. The molecule has 0 aromatic carbocycles. The number of tetrazole rings is 1. The zero-order chi connectivity index (χ0) is 12.4. The van der Waals surface area contributed by atoms with Gasteiger partial charge in [-0.2, -0.15) is 0 Å². The molecule has 2 heterocycles. The molecule has 8 heteroatoms. The number of rotatable bonds is 4. The van der Waals surface area contributed by atoms with Crippen LogP contribution >= 0.6 is 11.3 Å². The molecule has 1 unspecified atom stereocenters. The Labute approximate surface area is 103 Å². The van der Waals surface area contributed by atoms with Crippen molar-refractivity contribution in [2.45, 2.75) is 39.3 Å². The van der Waals surface area contributed by atoms with Crippen molar-refractivity contribution in [3.63, 3.8) is 0 Å². The fraction of sp³-hybridized carbons (Fsp3) is 0.667. The Balaban J connectivity index is 2.17. The van der Waals surface area contributed by atoms with E-state index in [1.165, 1.54) is 16.0 Å². The van der Waals surface area contributed by atoms with Gasteiger partial charge in [-0.1, -0.05) is 25.2 Å². The number of hydrogen-bond donors (Lipinski definition) is 1. The Kier molecular flexibility index (Phi) is 3.43. The molecule has 0 aliphatic rings. The van der Waals surface area contributed by atoms with Gasteiger partial charge in [0, 0.05) is 5.92 Å². The van der Waals surface area contributed by atoms with E-state index >= 15 is 0 Å². The molecule has 92 valence electrons. The molecule has 17 heavy (non-hydrogen) atoms. The summed E-state index contributed by atoms with van der Waals surface area (Å²) in [5, 5.41) is 30.6. The molecular weight excluding hydrogens is 240 g/mol. The lowest BCUT2D eigenvalue weighted by Gasteiger charge is -2.03. The first kappa shape index (κ1) is 12.1. The van der Waals surface area contributed by atoms with Crippen molar-refractivity contribution < 1.29 is 5.11 Å². The Morgan fingerprint density at radius 1 is 1.24 bits per heavy atom. The lowest BCUT2D eigenvalue weighted by atomic mass is 10.2. The summed E-state index contributed by atoms with van der Waals surface area (Å²) in [5.74, 6) is 0.803. The predicted molar refractivity (Wildman–Crippen MR) is 61.6 cm³/mol. The van der Waals surface area contributed by atoms with Crippen LogP contribution in [0.5, 0.6) is 0 Å². The molecule has 1 atom stereocenters. The van der Waals surface area contributed by atoms with E-state index in [1.807, 2.05) is 0 Å². The van der Waals surface area contributed by atoms with Gasteiger partial charge < -0.3 is 5.11 Å². The molecule has 0 fully saturated rings. The van der Waals surface area contributed by atoms with Gasteiger partial charge in [0.1, 0.15) is 16.1 Å². The third-order valence-corrected chi connectivity index (χ3v) is 3.40. The Morgan fingerprint density at radius 2 is 2.00 bits per heavy atom. The summed E-state index contributed by atoms with van der Waals surface area (Å²) in [6, 6.07) is 0. The minimum atomic E-state index is -0.692. The van der Waals surface area contributed by atoms with E-state index in [9.17, 15) is 5.11 Å². The van der Waals surface area contributed by atoms with Crippen LogP contribution in [0, 0.1) is 0 Å². The number of aliphatic hydroxyl groups excluding tert-OH is 1. The second-order valence-electron chi connectivity index (χ2n) is 4.06. The van der Waals surface area contributed by atoms with Crippen molar-refractivity contribution in [2.24, 2.45) is 0 Å². The van der Waals surface area contributed by atoms with Crippen molar-refractivity contribution in [3.8, 4) is 0 Å². The van der Waals surface area contributed by atoms with Crippen LogP contribution < -0.4 is 0 Å². The van der Waals surface area contributed by atoms with Gasteiger partial charge in [0.15, 0.2) is 5.82 Å². The van der Waals surface area contributed by atoms with Gasteiger partial charge in [-0.25, -0.2) is 4.68 Å². The summed E-state index contributed by atoms with van der Waals surface area (Å²) >= 11 is 1.54. The SMILES string of the molecule is CC(C)c1nnc(Cn2nnnc2C(C)O)s1. The van der Waals surface area contributed by atoms with Crippen molar-refractivity contribution >= 4 is 11.3 Å². The van der Waals surface area contributed by atoms with Gasteiger partial charge in [-0.05, 0) is 17.4 Å². The summed E-state index contributed by atoms with van der Waals surface area (Å²) in [7, 11) is 0. The van der Waals surface area contributed by atoms with Gasteiger partial charge >= 0.3 is 0 Å². The van der Waals surface area contributed by atoms with Gasteiger partial charge in [0.05, 0.1) is 6.54 Å². The Hall–Kier alpha value is -1.41. The number of nitrogens with zero attached hydrogens (tertiary/aromatic N) is 6. The molecule has 0 saturated carbocycles. The van der Waals surface area contributed by atoms with Gasteiger partial charge in [-0.3, -0.25) is 0 Å². The van der Waals surface area contributed by atoms with E-state index in [4.69, 9.17) is 0 Å². The molecule has 0 saturated heterocycles. The minimum Gasteiger partial charge on any atom is -0.385 e. The topological polar surface area (TPSA) is 89.6 Å². The lowest BCUT2D eigenvalue weighted by molar-refractivity contribution is 0.182. The number of hydrogen-bond acceptors (Lipinski definition) is 7. The van der Waals surface area contributed by atoms with Crippen LogP contribution in [-0.4, -0.2) is 35.5 Å². The first-order valence-electron chi connectivity index (χ1n) is 5.34. The van der Waals surface area contributed by atoms with Crippen molar-refractivity contribution in [2.75, 3.05) is 0 Å². The highest BCUT2D eigenvalue weighted by molar-refractivity contribution is 7.11. The van der Waals surface area contributed by atoms with Crippen LogP contribution in [0.15, 0.2) is 0 Å². The van der Waals surface area contributed by atoms with Crippen LogP contribution in [0.4, 0.5) is 0 Å². The Bertz CT molecular complexity index is 491. The van der Waals surface area contributed by atoms with E-state index < -0.39 is 6.10 Å². The van der Waals surface area contributed by atoms with Crippen LogP contribution in [0.1, 0.15) is 48.6 Å². The average molecular weight is 254 g/mol. The quantitative estimate of drug-likeness (QED) is 0.866. The standard InChI is InChI=1S/C9H14N6OS/c1-5(2)9-12-10-7(17-9)4-15-8(6(3)16)11-13-14-15/h5-6,16H,4H2,1-3H3. The normalized spacial score (nSPS) is 13.2. The maximum absolute atomic E-state index is 9.47. The smallest absolute Gasteiger partial charge is 0.180 e. The van der Waals surface area contributed by atoms with Crippen LogP contribution in [-0.2, 0) is 6.54 Å². The molecule has 7 nitrogen and oxygen atoms in total. The molecule has 0 bridgehead atoms. The highest BCUT2D eigenvalue weighted by Crippen LogP contribution is 2.20. The largest absolute Gasteiger partial charge is 0.385 e.